The number of rotatable bonds is 3. The molecule has 1 aromatic rings. The predicted octanol–water partition coefficient (Wildman–Crippen LogP) is 0.738. The van der Waals surface area contributed by atoms with Gasteiger partial charge in [0.15, 0.2) is 0 Å². The molecule has 0 aromatic heterocycles. The van der Waals surface area contributed by atoms with Gasteiger partial charge in [-0.3, -0.25) is 4.90 Å². The van der Waals surface area contributed by atoms with Crippen LogP contribution in [0.4, 0.5) is 0 Å². The third kappa shape index (κ3) is 4.55. The molecule has 2 rings (SSSR count). The number of aliphatic hydroxyl groups excluding tert-OH is 2. The van der Waals surface area contributed by atoms with E-state index in [9.17, 15) is 10.2 Å². The molecule has 1 aliphatic rings. The van der Waals surface area contributed by atoms with Crippen molar-refractivity contribution in [3.63, 3.8) is 0 Å². The lowest BCUT2D eigenvalue weighted by Crippen LogP contribution is -2.53. The SMILES string of the molecule is C[C@]1(O)CCN(Cc2ccc(C#CCCO)cc2)C[C@@H]1O. The summed E-state index contributed by atoms with van der Waals surface area (Å²) in [6.45, 7) is 3.81. The molecule has 1 fully saturated rings. The molecule has 0 aliphatic carbocycles. The van der Waals surface area contributed by atoms with E-state index in [4.69, 9.17) is 5.11 Å². The highest BCUT2D eigenvalue weighted by atomic mass is 16.3. The van der Waals surface area contributed by atoms with Crippen LogP contribution in [0.1, 0.15) is 30.9 Å². The molecule has 21 heavy (non-hydrogen) atoms. The van der Waals surface area contributed by atoms with Crippen molar-refractivity contribution in [3.05, 3.63) is 35.4 Å². The Bertz CT molecular complexity index is 513. The van der Waals surface area contributed by atoms with E-state index in [2.05, 4.69) is 16.7 Å². The van der Waals surface area contributed by atoms with Crippen molar-refractivity contribution in [2.45, 2.75) is 38.0 Å². The van der Waals surface area contributed by atoms with Gasteiger partial charge in [0, 0.05) is 31.6 Å². The lowest BCUT2D eigenvalue weighted by molar-refractivity contribution is -0.108. The summed E-state index contributed by atoms with van der Waals surface area (Å²) >= 11 is 0. The zero-order valence-electron chi connectivity index (χ0n) is 12.4. The zero-order chi connectivity index (χ0) is 15.3. The molecule has 2 atom stereocenters. The Hall–Kier alpha value is -1.38. The van der Waals surface area contributed by atoms with Gasteiger partial charge >= 0.3 is 0 Å². The monoisotopic (exact) mass is 289 g/mol. The van der Waals surface area contributed by atoms with Crippen LogP contribution in [0.2, 0.25) is 0 Å². The van der Waals surface area contributed by atoms with Crippen LogP contribution in [0.5, 0.6) is 0 Å². The Morgan fingerprint density at radius 2 is 2.05 bits per heavy atom. The first-order chi connectivity index (χ1) is 10.0. The second kappa shape index (κ2) is 7.06. The van der Waals surface area contributed by atoms with Gasteiger partial charge in [0.05, 0.1) is 18.3 Å². The van der Waals surface area contributed by atoms with E-state index in [0.29, 0.717) is 19.4 Å². The van der Waals surface area contributed by atoms with E-state index >= 15 is 0 Å². The minimum Gasteiger partial charge on any atom is -0.395 e. The van der Waals surface area contributed by atoms with Gasteiger partial charge in [-0.05, 0) is 31.0 Å². The number of nitrogens with zero attached hydrogens (tertiary/aromatic N) is 1. The van der Waals surface area contributed by atoms with Crippen molar-refractivity contribution in [1.82, 2.24) is 4.90 Å². The first-order valence-corrected chi connectivity index (χ1v) is 7.33. The number of hydrogen-bond donors (Lipinski definition) is 3. The minimum atomic E-state index is -0.970. The quantitative estimate of drug-likeness (QED) is 0.718. The fourth-order valence-corrected chi connectivity index (χ4v) is 2.40. The van der Waals surface area contributed by atoms with Crippen LogP contribution < -0.4 is 0 Å². The third-order valence-corrected chi connectivity index (χ3v) is 3.91. The maximum Gasteiger partial charge on any atom is 0.0951 e. The number of β-amino-alcohol motifs (C(OH)–C–C–N with tert-alkyl or cyclic N) is 1. The van der Waals surface area contributed by atoms with Crippen LogP contribution in [-0.2, 0) is 6.54 Å². The predicted molar refractivity (Wildman–Crippen MR) is 81.5 cm³/mol. The van der Waals surface area contributed by atoms with Crippen LogP contribution in [0.25, 0.3) is 0 Å². The normalized spacial score (nSPS) is 26.2. The number of aliphatic hydroxyl groups is 3. The molecule has 1 saturated heterocycles. The largest absolute Gasteiger partial charge is 0.395 e. The van der Waals surface area contributed by atoms with Gasteiger partial charge in [-0.15, -0.1) is 0 Å². The summed E-state index contributed by atoms with van der Waals surface area (Å²) in [5.74, 6) is 5.89. The molecule has 114 valence electrons. The van der Waals surface area contributed by atoms with Gasteiger partial charge in [0.1, 0.15) is 0 Å². The molecule has 0 spiro atoms. The van der Waals surface area contributed by atoms with Crippen LogP contribution in [0.3, 0.4) is 0 Å². The van der Waals surface area contributed by atoms with Gasteiger partial charge < -0.3 is 15.3 Å². The fraction of sp³-hybridized carbons (Fsp3) is 0.529. The molecule has 1 aliphatic heterocycles. The first kappa shape index (κ1) is 16.0. The minimum absolute atomic E-state index is 0.0894. The van der Waals surface area contributed by atoms with Crippen molar-refractivity contribution >= 4 is 0 Å². The summed E-state index contributed by atoms with van der Waals surface area (Å²) in [6.07, 6.45) is 0.376. The lowest BCUT2D eigenvalue weighted by Gasteiger charge is -2.39. The standard InChI is InChI=1S/C17H23NO3/c1-17(21)9-10-18(13-16(17)20)12-15-7-5-14(6-8-15)4-2-3-11-19/h5-8,16,19-21H,3,9-13H2,1H3/t16-,17-/m0/s1. The van der Waals surface area contributed by atoms with Crippen molar-refractivity contribution in [2.75, 3.05) is 19.7 Å². The third-order valence-electron chi connectivity index (χ3n) is 3.91. The van der Waals surface area contributed by atoms with Crippen molar-refractivity contribution < 1.29 is 15.3 Å². The average Bonchev–Trinajstić information content (AvgIpc) is 2.45. The molecular weight excluding hydrogens is 266 g/mol. The highest BCUT2D eigenvalue weighted by molar-refractivity contribution is 5.36. The average molecular weight is 289 g/mol. The number of piperidine rings is 1. The van der Waals surface area contributed by atoms with Gasteiger partial charge in [-0.25, -0.2) is 0 Å². The zero-order valence-corrected chi connectivity index (χ0v) is 12.4. The van der Waals surface area contributed by atoms with Crippen molar-refractivity contribution in [3.8, 4) is 11.8 Å². The van der Waals surface area contributed by atoms with Gasteiger partial charge in [0.2, 0.25) is 0 Å². The van der Waals surface area contributed by atoms with Crippen LogP contribution in [0, 0.1) is 11.8 Å². The Morgan fingerprint density at radius 1 is 1.33 bits per heavy atom. The molecule has 0 bridgehead atoms. The Balaban J connectivity index is 1.91. The molecule has 4 nitrogen and oxygen atoms in total. The lowest BCUT2D eigenvalue weighted by atomic mass is 9.90. The van der Waals surface area contributed by atoms with Gasteiger partial charge in [0.25, 0.3) is 0 Å². The van der Waals surface area contributed by atoms with Crippen LogP contribution in [-0.4, -0.2) is 51.6 Å². The maximum absolute atomic E-state index is 9.96. The van der Waals surface area contributed by atoms with E-state index in [1.165, 1.54) is 0 Å². The van der Waals surface area contributed by atoms with E-state index in [1.807, 2.05) is 24.3 Å². The summed E-state index contributed by atoms with van der Waals surface area (Å²) in [7, 11) is 0. The topological polar surface area (TPSA) is 63.9 Å². The number of hydrogen-bond acceptors (Lipinski definition) is 4. The number of likely N-dealkylation sites (tertiary alicyclic amines) is 1. The molecule has 0 amide bonds. The summed E-state index contributed by atoms with van der Waals surface area (Å²) in [6, 6.07) is 8.00. The summed E-state index contributed by atoms with van der Waals surface area (Å²) < 4.78 is 0. The van der Waals surface area contributed by atoms with Gasteiger partial charge in [-0.2, -0.15) is 0 Å². The molecule has 4 heteroatoms. The second-order valence-corrected chi connectivity index (χ2v) is 5.83. The Labute approximate surface area is 126 Å². The fourth-order valence-electron chi connectivity index (χ4n) is 2.40. The maximum atomic E-state index is 9.96. The summed E-state index contributed by atoms with van der Waals surface area (Å²) in [4.78, 5) is 2.15. The highest BCUT2D eigenvalue weighted by Crippen LogP contribution is 2.23. The van der Waals surface area contributed by atoms with E-state index < -0.39 is 11.7 Å². The highest BCUT2D eigenvalue weighted by Gasteiger charge is 2.36. The first-order valence-electron chi connectivity index (χ1n) is 7.33. The van der Waals surface area contributed by atoms with Crippen molar-refractivity contribution in [2.24, 2.45) is 0 Å². The van der Waals surface area contributed by atoms with E-state index in [1.54, 1.807) is 6.92 Å². The van der Waals surface area contributed by atoms with Crippen LogP contribution >= 0.6 is 0 Å². The van der Waals surface area contributed by atoms with E-state index in [0.717, 1.165) is 24.2 Å². The summed E-state index contributed by atoms with van der Waals surface area (Å²) in [5.41, 5.74) is 1.13. The van der Waals surface area contributed by atoms with Crippen molar-refractivity contribution in [1.29, 1.82) is 0 Å². The molecule has 1 aromatic carbocycles. The van der Waals surface area contributed by atoms with E-state index in [-0.39, 0.29) is 6.61 Å². The molecule has 0 saturated carbocycles. The van der Waals surface area contributed by atoms with Crippen LogP contribution in [0.15, 0.2) is 24.3 Å². The molecule has 0 radical (unpaired) electrons. The van der Waals surface area contributed by atoms with Gasteiger partial charge in [-0.1, -0.05) is 24.0 Å². The Kier molecular flexibility index (Phi) is 5.38. The second-order valence-electron chi connectivity index (χ2n) is 5.83. The summed E-state index contributed by atoms with van der Waals surface area (Å²) in [5, 5.41) is 28.6. The smallest absolute Gasteiger partial charge is 0.0951 e. The molecular formula is C17H23NO3. The molecule has 1 heterocycles. The Morgan fingerprint density at radius 3 is 2.67 bits per heavy atom. The number of benzene rings is 1. The molecule has 3 N–H and O–H groups in total. The molecule has 0 unspecified atom stereocenters.